The number of carbonyl (C=O) groups is 1. The van der Waals surface area contributed by atoms with Gasteiger partial charge in [0.05, 0.1) is 11.9 Å². The molecule has 4 aromatic rings. The van der Waals surface area contributed by atoms with Crippen LogP contribution < -0.4 is 10.5 Å². The second kappa shape index (κ2) is 7.94. The molecule has 30 heavy (non-hydrogen) atoms. The Balaban J connectivity index is 1.60. The number of hydrogen-bond acceptors (Lipinski definition) is 4. The molecule has 0 saturated heterocycles. The normalized spacial score (nSPS) is 11.0. The summed E-state index contributed by atoms with van der Waals surface area (Å²) in [5, 5.41) is 4.80. The van der Waals surface area contributed by atoms with Crippen LogP contribution in [-0.2, 0) is 11.3 Å². The molecule has 152 valence electrons. The number of rotatable bonds is 5. The first-order chi connectivity index (χ1) is 14.5. The van der Waals surface area contributed by atoms with Gasteiger partial charge >= 0.3 is 0 Å². The summed E-state index contributed by atoms with van der Waals surface area (Å²) >= 11 is 0. The van der Waals surface area contributed by atoms with Crippen molar-refractivity contribution in [3.63, 3.8) is 0 Å². The van der Waals surface area contributed by atoms with Crippen LogP contribution in [-0.4, -0.2) is 32.3 Å². The van der Waals surface area contributed by atoms with Gasteiger partial charge in [-0.25, -0.2) is 9.67 Å². The van der Waals surface area contributed by atoms with Crippen molar-refractivity contribution in [2.75, 3.05) is 11.9 Å². The molecule has 1 amide bonds. The maximum absolute atomic E-state index is 13.0. The van der Waals surface area contributed by atoms with Crippen LogP contribution in [0, 0.1) is 13.8 Å². The smallest absolute Gasteiger partial charge is 0.264 e. The van der Waals surface area contributed by atoms with Gasteiger partial charge in [0, 0.05) is 25.7 Å². The molecule has 0 unspecified atom stereocenters. The van der Waals surface area contributed by atoms with E-state index < -0.39 is 0 Å². The van der Waals surface area contributed by atoms with E-state index in [0.717, 1.165) is 16.9 Å². The van der Waals surface area contributed by atoms with E-state index in [1.165, 1.54) is 0 Å². The maximum atomic E-state index is 13.0. The lowest BCUT2D eigenvalue weighted by atomic mass is 10.2. The third kappa shape index (κ3) is 3.61. The lowest BCUT2D eigenvalue weighted by Gasteiger charge is -2.18. The van der Waals surface area contributed by atoms with Crippen molar-refractivity contribution in [1.82, 2.24) is 19.3 Å². The van der Waals surface area contributed by atoms with E-state index in [2.05, 4.69) is 10.1 Å². The Kier molecular flexibility index (Phi) is 5.18. The van der Waals surface area contributed by atoms with Crippen LogP contribution in [0.5, 0.6) is 0 Å². The largest absolute Gasteiger partial charge is 0.315 e. The molecule has 0 atom stereocenters. The van der Waals surface area contributed by atoms with Crippen molar-refractivity contribution in [2.45, 2.75) is 26.8 Å². The zero-order valence-corrected chi connectivity index (χ0v) is 17.2. The summed E-state index contributed by atoms with van der Waals surface area (Å²) in [7, 11) is 1.74. The number of hydrogen-bond donors (Lipinski definition) is 0. The van der Waals surface area contributed by atoms with Crippen molar-refractivity contribution >= 4 is 22.6 Å². The summed E-state index contributed by atoms with van der Waals surface area (Å²) in [5.41, 5.74) is 3.14. The average molecular weight is 401 g/mol. The fourth-order valence-electron chi connectivity index (χ4n) is 3.42. The second-order valence-corrected chi connectivity index (χ2v) is 7.28. The second-order valence-electron chi connectivity index (χ2n) is 7.28. The van der Waals surface area contributed by atoms with Gasteiger partial charge in [-0.15, -0.1) is 0 Å². The first-order valence-corrected chi connectivity index (χ1v) is 9.79. The number of fused-ring (bicyclic) bond motifs is 1. The molecule has 2 heterocycles. The number of anilines is 1. The minimum atomic E-state index is -0.189. The first-order valence-electron chi connectivity index (χ1n) is 9.79. The first kappa shape index (κ1) is 19.6. The fraction of sp³-hybridized carbons (Fsp3) is 0.217. The summed E-state index contributed by atoms with van der Waals surface area (Å²) in [6.07, 6.45) is 1.74. The van der Waals surface area contributed by atoms with Crippen LogP contribution in [0.15, 0.2) is 65.6 Å². The zero-order chi connectivity index (χ0) is 21.3. The molecule has 0 fully saturated rings. The molecule has 0 radical (unpaired) electrons. The number of amides is 1. The average Bonchev–Trinajstić information content (AvgIpc) is 3.18. The third-order valence-corrected chi connectivity index (χ3v) is 5.22. The van der Waals surface area contributed by atoms with Crippen LogP contribution in [0.2, 0.25) is 0 Å². The van der Waals surface area contributed by atoms with E-state index in [4.69, 9.17) is 0 Å². The number of benzene rings is 2. The molecule has 0 spiro atoms. The predicted octanol–water partition coefficient (Wildman–Crippen LogP) is 3.25. The maximum Gasteiger partial charge on any atom is 0.264 e. The summed E-state index contributed by atoms with van der Waals surface area (Å²) in [6.45, 7) is 4.06. The SMILES string of the molecule is Cc1ccc(-n2ncc3c(=O)n(CCC(=O)N(C)c4ccccc4)c(C)nc32)cc1. The fourth-order valence-corrected chi connectivity index (χ4v) is 3.42. The van der Waals surface area contributed by atoms with E-state index in [1.54, 1.807) is 34.3 Å². The number of aromatic nitrogens is 4. The Morgan fingerprint density at radius 1 is 1.03 bits per heavy atom. The highest BCUT2D eigenvalue weighted by Crippen LogP contribution is 2.16. The number of aryl methyl sites for hydroxylation is 2. The molecule has 7 heteroatoms. The van der Waals surface area contributed by atoms with Gasteiger partial charge < -0.3 is 4.90 Å². The topological polar surface area (TPSA) is 73.0 Å². The lowest BCUT2D eigenvalue weighted by molar-refractivity contribution is -0.118. The van der Waals surface area contributed by atoms with Gasteiger partial charge in [0.15, 0.2) is 5.65 Å². The Bertz CT molecular complexity index is 1260. The highest BCUT2D eigenvalue weighted by molar-refractivity contribution is 5.92. The van der Waals surface area contributed by atoms with Crippen LogP contribution in [0.3, 0.4) is 0 Å². The van der Waals surface area contributed by atoms with Crippen molar-refractivity contribution < 1.29 is 4.79 Å². The van der Waals surface area contributed by atoms with E-state index in [1.807, 2.05) is 61.5 Å². The summed E-state index contributed by atoms with van der Waals surface area (Å²) < 4.78 is 3.21. The molecule has 0 N–H and O–H groups in total. The Labute approximate surface area is 174 Å². The summed E-state index contributed by atoms with van der Waals surface area (Å²) in [6, 6.07) is 17.3. The molecule has 2 aromatic carbocycles. The number of nitrogens with zero attached hydrogens (tertiary/aromatic N) is 5. The van der Waals surface area contributed by atoms with Crippen LogP contribution >= 0.6 is 0 Å². The molecular weight excluding hydrogens is 378 g/mol. The van der Waals surface area contributed by atoms with Gasteiger partial charge in [-0.05, 0) is 38.1 Å². The molecule has 7 nitrogen and oxygen atoms in total. The highest BCUT2D eigenvalue weighted by atomic mass is 16.2. The van der Waals surface area contributed by atoms with Gasteiger partial charge in [0.2, 0.25) is 5.91 Å². The lowest BCUT2D eigenvalue weighted by Crippen LogP contribution is -2.30. The minimum Gasteiger partial charge on any atom is -0.315 e. The van der Waals surface area contributed by atoms with Crippen molar-refractivity contribution in [3.8, 4) is 5.69 Å². The molecule has 4 rings (SSSR count). The summed E-state index contributed by atoms with van der Waals surface area (Å²) in [5.74, 6) is 0.486. The number of para-hydroxylation sites is 1. The molecule has 0 saturated carbocycles. The van der Waals surface area contributed by atoms with Crippen molar-refractivity contribution in [3.05, 3.63) is 82.5 Å². The molecule has 0 aliphatic heterocycles. The van der Waals surface area contributed by atoms with Gasteiger partial charge in [-0.2, -0.15) is 5.10 Å². The highest BCUT2D eigenvalue weighted by Gasteiger charge is 2.16. The quantitative estimate of drug-likeness (QED) is 0.515. The van der Waals surface area contributed by atoms with Crippen molar-refractivity contribution in [2.24, 2.45) is 0 Å². The molecule has 0 bridgehead atoms. The monoisotopic (exact) mass is 401 g/mol. The van der Waals surface area contributed by atoms with Gasteiger partial charge in [-0.1, -0.05) is 35.9 Å². The number of carbonyl (C=O) groups excluding carboxylic acids is 1. The van der Waals surface area contributed by atoms with Gasteiger partial charge in [-0.3, -0.25) is 14.2 Å². The summed E-state index contributed by atoms with van der Waals surface area (Å²) in [4.78, 5) is 31.9. The van der Waals surface area contributed by atoms with E-state index in [0.29, 0.717) is 16.9 Å². The minimum absolute atomic E-state index is 0.0667. The van der Waals surface area contributed by atoms with E-state index >= 15 is 0 Å². The predicted molar refractivity (Wildman–Crippen MR) is 117 cm³/mol. The Morgan fingerprint density at radius 3 is 2.43 bits per heavy atom. The standard InChI is InChI=1S/C23H23N5O2/c1-16-9-11-19(12-10-16)28-22-20(15-24-28)23(30)27(17(2)25-22)14-13-21(29)26(3)18-7-5-4-6-8-18/h4-12,15H,13-14H2,1-3H3. The molecule has 0 aliphatic rings. The molecule has 0 aliphatic carbocycles. The van der Waals surface area contributed by atoms with Gasteiger partial charge in [0.1, 0.15) is 11.2 Å². The Morgan fingerprint density at radius 2 is 1.73 bits per heavy atom. The molecule has 2 aromatic heterocycles. The van der Waals surface area contributed by atoms with Crippen LogP contribution in [0.25, 0.3) is 16.7 Å². The van der Waals surface area contributed by atoms with Crippen molar-refractivity contribution in [1.29, 1.82) is 0 Å². The third-order valence-electron chi connectivity index (χ3n) is 5.22. The van der Waals surface area contributed by atoms with E-state index in [9.17, 15) is 9.59 Å². The van der Waals surface area contributed by atoms with Gasteiger partial charge in [0.25, 0.3) is 5.56 Å². The van der Waals surface area contributed by atoms with Crippen LogP contribution in [0.1, 0.15) is 17.8 Å². The molecular formula is C23H23N5O2. The Hall–Kier alpha value is -3.74. The van der Waals surface area contributed by atoms with E-state index in [-0.39, 0.29) is 24.4 Å². The zero-order valence-electron chi connectivity index (χ0n) is 17.2. The van der Waals surface area contributed by atoms with Crippen LogP contribution in [0.4, 0.5) is 5.69 Å².